The van der Waals surface area contributed by atoms with E-state index in [0.717, 1.165) is 0 Å². The van der Waals surface area contributed by atoms with Gasteiger partial charge in [0.25, 0.3) is 0 Å². The van der Waals surface area contributed by atoms with Crippen LogP contribution in [0.2, 0.25) is 0 Å². The molecular weight excluding hydrogens is 154 g/mol. The number of nitrogens with two attached hydrogens (primary N) is 1. The Morgan fingerprint density at radius 2 is 2.33 bits per heavy atom. The molecule has 2 N–H and O–H groups in total. The van der Waals surface area contributed by atoms with Crippen LogP contribution in [0.4, 0.5) is 5.82 Å². The molecule has 1 aromatic heterocycles. The van der Waals surface area contributed by atoms with E-state index in [2.05, 4.69) is 9.98 Å². The quantitative estimate of drug-likeness (QED) is 0.653. The molecule has 12 heavy (non-hydrogen) atoms. The Labute approximate surface area is 70.1 Å². The van der Waals surface area contributed by atoms with E-state index in [1.807, 2.05) is 12.1 Å². The van der Waals surface area contributed by atoms with E-state index in [9.17, 15) is 0 Å². The lowest BCUT2D eigenvalue weighted by molar-refractivity contribution is 0.347. The summed E-state index contributed by atoms with van der Waals surface area (Å²) in [4.78, 5) is 8.20. The Morgan fingerprint density at radius 3 is 3.00 bits per heavy atom. The Hall–Kier alpha value is -1.58. The average molecular weight is 163 g/mol. The van der Waals surface area contributed by atoms with Gasteiger partial charge in [0.1, 0.15) is 18.1 Å². The third-order valence-electron chi connectivity index (χ3n) is 1.58. The molecule has 0 bridgehead atoms. The number of aliphatic imine (C=N–C) groups is 1. The van der Waals surface area contributed by atoms with Crippen LogP contribution in [0.15, 0.2) is 23.2 Å². The van der Waals surface area contributed by atoms with Crippen LogP contribution in [0.25, 0.3) is 0 Å². The molecule has 0 atom stereocenters. The SMILES string of the molecule is Nc1cccc(C2=NCCO2)n1. The molecule has 0 spiro atoms. The Balaban J connectivity index is 2.33. The third-order valence-corrected chi connectivity index (χ3v) is 1.58. The number of hydrogen-bond acceptors (Lipinski definition) is 4. The van der Waals surface area contributed by atoms with Crippen LogP contribution in [0.3, 0.4) is 0 Å². The van der Waals surface area contributed by atoms with Gasteiger partial charge in [0.15, 0.2) is 0 Å². The summed E-state index contributed by atoms with van der Waals surface area (Å²) in [5, 5.41) is 0. The second-order valence-corrected chi connectivity index (χ2v) is 2.48. The summed E-state index contributed by atoms with van der Waals surface area (Å²) in [6.07, 6.45) is 0. The molecule has 0 radical (unpaired) electrons. The fourth-order valence-electron chi connectivity index (χ4n) is 1.06. The van der Waals surface area contributed by atoms with Crippen molar-refractivity contribution >= 4 is 11.7 Å². The molecule has 0 saturated heterocycles. The lowest BCUT2D eigenvalue weighted by Gasteiger charge is -2.00. The number of ether oxygens (including phenoxy) is 1. The van der Waals surface area contributed by atoms with Crippen molar-refractivity contribution in [3.05, 3.63) is 23.9 Å². The predicted molar refractivity (Wildman–Crippen MR) is 46.0 cm³/mol. The number of aromatic nitrogens is 1. The molecule has 0 amide bonds. The van der Waals surface area contributed by atoms with Gasteiger partial charge in [-0.1, -0.05) is 6.07 Å². The fraction of sp³-hybridized carbons (Fsp3) is 0.250. The molecule has 1 aromatic rings. The van der Waals surface area contributed by atoms with Crippen molar-refractivity contribution in [3.8, 4) is 0 Å². The summed E-state index contributed by atoms with van der Waals surface area (Å²) in [6.45, 7) is 1.36. The van der Waals surface area contributed by atoms with Crippen molar-refractivity contribution in [3.63, 3.8) is 0 Å². The standard InChI is InChI=1S/C8H9N3O/c9-7-3-1-2-6(11-7)8-10-4-5-12-8/h1-3H,4-5H2,(H2,9,11). The molecule has 2 rings (SSSR count). The van der Waals surface area contributed by atoms with Crippen LogP contribution in [0.1, 0.15) is 5.69 Å². The number of rotatable bonds is 1. The first kappa shape index (κ1) is 7.09. The van der Waals surface area contributed by atoms with E-state index in [4.69, 9.17) is 10.5 Å². The van der Waals surface area contributed by atoms with E-state index in [1.54, 1.807) is 6.07 Å². The maximum atomic E-state index is 5.50. The second kappa shape index (κ2) is 2.81. The summed E-state index contributed by atoms with van der Waals surface area (Å²) in [5.41, 5.74) is 6.22. The molecule has 4 heteroatoms. The minimum atomic E-state index is 0.491. The van der Waals surface area contributed by atoms with Crippen molar-refractivity contribution in [2.75, 3.05) is 18.9 Å². The summed E-state index contributed by atoms with van der Waals surface area (Å²) < 4.78 is 5.23. The van der Waals surface area contributed by atoms with Gasteiger partial charge >= 0.3 is 0 Å². The molecule has 1 aliphatic heterocycles. The minimum absolute atomic E-state index is 0.491. The zero-order chi connectivity index (χ0) is 8.39. The molecule has 1 aliphatic rings. The lowest BCUT2D eigenvalue weighted by atomic mass is 10.3. The number of hydrogen-bond donors (Lipinski definition) is 1. The highest BCUT2D eigenvalue weighted by Gasteiger charge is 2.10. The average Bonchev–Trinajstić information content (AvgIpc) is 2.56. The molecule has 0 aliphatic carbocycles. The number of nitrogen functional groups attached to an aromatic ring is 1. The number of pyridine rings is 1. The van der Waals surface area contributed by atoms with Crippen LogP contribution < -0.4 is 5.73 Å². The topological polar surface area (TPSA) is 60.5 Å². The van der Waals surface area contributed by atoms with Crippen LogP contribution in [0.5, 0.6) is 0 Å². The molecule has 4 nitrogen and oxygen atoms in total. The van der Waals surface area contributed by atoms with E-state index in [0.29, 0.717) is 30.6 Å². The maximum Gasteiger partial charge on any atom is 0.235 e. The van der Waals surface area contributed by atoms with Gasteiger partial charge in [-0.2, -0.15) is 0 Å². The van der Waals surface area contributed by atoms with E-state index >= 15 is 0 Å². The number of anilines is 1. The highest BCUT2D eigenvalue weighted by Crippen LogP contribution is 2.06. The summed E-state index contributed by atoms with van der Waals surface area (Å²) in [7, 11) is 0. The van der Waals surface area contributed by atoms with Gasteiger partial charge in [0.05, 0.1) is 6.54 Å². The second-order valence-electron chi connectivity index (χ2n) is 2.48. The largest absolute Gasteiger partial charge is 0.474 e. The van der Waals surface area contributed by atoms with Crippen molar-refractivity contribution in [2.45, 2.75) is 0 Å². The normalized spacial score (nSPS) is 15.5. The molecule has 0 fully saturated rings. The van der Waals surface area contributed by atoms with Crippen molar-refractivity contribution in [2.24, 2.45) is 4.99 Å². The summed E-state index contributed by atoms with van der Waals surface area (Å²) >= 11 is 0. The summed E-state index contributed by atoms with van der Waals surface area (Å²) in [5.74, 6) is 1.09. The predicted octanol–water partition coefficient (Wildman–Crippen LogP) is 0.441. The van der Waals surface area contributed by atoms with E-state index < -0.39 is 0 Å². The monoisotopic (exact) mass is 163 g/mol. The molecule has 0 saturated carbocycles. The minimum Gasteiger partial charge on any atom is -0.474 e. The van der Waals surface area contributed by atoms with Crippen molar-refractivity contribution < 1.29 is 4.74 Å². The first-order valence-electron chi connectivity index (χ1n) is 3.76. The third kappa shape index (κ3) is 1.23. The van der Waals surface area contributed by atoms with Gasteiger partial charge in [-0.15, -0.1) is 0 Å². The Morgan fingerprint density at radius 1 is 1.42 bits per heavy atom. The zero-order valence-electron chi connectivity index (χ0n) is 6.53. The highest BCUT2D eigenvalue weighted by molar-refractivity contribution is 5.93. The van der Waals surface area contributed by atoms with Crippen molar-refractivity contribution in [1.82, 2.24) is 4.98 Å². The van der Waals surface area contributed by atoms with Crippen LogP contribution in [-0.2, 0) is 4.74 Å². The Kier molecular flexibility index (Phi) is 1.66. The van der Waals surface area contributed by atoms with Gasteiger partial charge < -0.3 is 10.5 Å². The van der Waals surface area contributed by atoms with Gasteiger partial charge in [0, 0.05) is 0 Å². The van der Waals surface area contributed by atoms with Gasteiger partial charge in [-0.05, 0) is 12.1 Å². The zero-order valence-corrected chi connectivity index (χ0v) is 6.53. The number of nitrogens with zero attached hydrogens (tertiary/aromatic N) is 2. The molecule has 0 unspecified atom stereocenters. The first-order valence-corrected chi connectivity index (χ1v) is 3.76. The molecule has 62 valence electrons. The summed E-state index contributed by atoms with van der Waals surface area (Å²) in [6, 6.07) is 5.40. The van der Waals surface area contributed by atoms with Gasteiger partial charge in [-0.25, -0.2) is 9.98 Å². The maximum absolute atomic E-state index is 5.50. The first-order chi connectivity index (χ1) is 5.86. The fourth-order valence-corrected chi connectivity index (χ4v) is 1.06. The lowest BCUT2D eigenvalue weighted by Crippen LogP contribution is -2.05. The van der Waals surface area contributed by atoms with Crippen LogP contribution in [0, 0.1) is 0 Å². The molecular formula is C8H9N3O. The van der Waals surface area contributed by atoms with Gasteiger partial charge in [-0.3, -0.25) is 0 Å². The van der Waals surface area contributed by atoms with Gasteiger partial charge in [0.2, 0.25) is 5.90 Å². The molecule has 2 heterocycles. The Bertz CT molecular complexity index is 322. The smallest absolute Gasteiger partial charge is 0.235 e. The van der Waals surface area contributed by atoms with Crippen LogP contribution in [-0.4, -0.2) is 24.0 Å². The van der Waals surface area contributed by atoms with E-state index in [1.165, 1.54) is 0 Å². The van der Waals surface area contributed by atoms with Crippen LogP contribution >= 0.6 is 0 Å². The van der Waals surface area contributed by atoms with Crippen molar-refractivity contribution in [1.29, 1.82) is 0 Å². The van der Waals surface area contributed by atoms with E-state index in [-0.39, 0.29) is 0 Å². The highest BCUT2D eigenvalue weighted by atomic mass is 16.5. The molecule has 0 aromatic carbocycles.